The van der Waals surface area contributed by atoms with E-state index >= 15 is 0 Å². The molecule has 0 bridgehead atoms. The van der Waals surface area contributed by atoms with Crippen molar-refractivity contribution in [2.24, 2.45) is 0 Å². The third kappa shape index (κ3) is 356. The van der Waals surface area contributed by atoms with Crippen molar-refractivity contribution in [2.45, 2.75) is 106 Å². The van der Waals surface area contributed by atoms with E-state index in [1.165, 1.54) is 0 Å². The number of aliphatic carboxylic acids is 5. The van der Waals surface area contributed by atoms with Gasteiger partial charge in [0, 0.05) is 217 Å². The fraction of sp³-hybridized carbons (Fsp3) is 0.500. The molecule has 0 aliphatic heterocycles. The number of hydrogen-bond acceptors (Lipinski definition) is 5. The molecule has 49 heavy (non-hydrogen) atoms. The molecule has 0 fully saturated rings. The molecule has 0 rings (SSSR count). The Hall–Kier alpha value is 4.25. The van der Waals surface area contributed by atoms with Gasteiger partial charge in [-0.3, -0.25) is 24.0 Å². The van der Waals surface area contributed by atoms with Crippen LogP contribution >= 0.6 is 0 Å². The van der Waals surface area contributed by atoms with Gasteiger partial charge in [0.1, 0.15) is 0 Å². The minimum Gasteiger partial charge on any atom is -0.481 e. The van der Waals surface area contributed by atoms with Crippen molar-refractivity contribution in [3.05, 3.63) is 76.2 Å². The van der Waals surface area contributed by atoms with Crippen LogP contribution in [0, 0.1) is 76.2 Å². The Morgan fingerprint density at radius 3 is 0.388 bits per heavy atom. The normalized spacial score (nSPS) is 5.73. The van der Waals surface area contributed by atoms with Crippen molar-refractivity contribution in [1.82, 2.24) is 0 Å². The van der Waals surface area contributed by atoms with E-state index in [2.05, 4.69) is 76.2 Å². The predicted octanol–water partition coefficient (Wildman–Crippen LogP) is 8.45. The summed E-state index contributed by atoms with van der Waals surface area (Å²) in [6, 6.07) is 0. The number of carbonyl (C=O) groups is 5. The molecule has 0 aliphatic rings. The average molecular weight is 1420 g/mol. The van der Waals surface area contributed by atoms with Crippen LogP contribution in [-0.4, -0.2) is 55.4 Å². The van der Waals surface area contributed by atoms with Crippen LogP contribution in [0.15, 0.2) is 0 Å². The van der Waals surface area contributed by atoms with Gasteiger partial charge in [0.15, 0.2) is 0 Å². The zero-order chi connectivity index (χ0) is 37.0. The average Bonchev–Trinajstić information content (AvgIpc) is 2.96. The fourth-order valence-electron chi connectivity index (χ4n) is 0.756. The zero-order valence-electron chi connectivity index (χ0n) is 31.3. The van der Waals surface area contributed by atoms with E-state index in [1.54, 1.807) is 41.5 Å². The predicted molar refractivity (Wildman–Crippen MR) is 177 cm³/mol. The Morgan fingerprint density at radius 1 is 0.327 bits per heavy atom. The molecule has 0 saturated heterocycles. The molecule has 0 saturated carbocycles. The van der Waals surface area contributed by atoms with E-state index in [-0.39, 0.29) is 238 Å². The van der Waals surface area contributed by atoms with Crippen LogP contribution in [0.2, 0.25) is 0 Å². The minimum absolute atomic E-state index is 0. The molecule has 0 atom stereocenters. The van der Waals surface area contributed by atoms with Gasteiger partial charge in [-0.15, -0.1) is 0 Å². The van der Waals surface area contributed by atoms with Crippen molar-refractivity contribution in [3.63, 3.8) is 0 Å². The molecule has 0 spiro atoms. The first-order valence-electron chi connectivity index (χ1n) is 13.1. The summed E-state index contributed by atoms with van der Waals surface area (Å²) in [6.07, 6.45) is 3.31. The van der Waals surface area contributed by atoms with Gasteiger partial charge in [0.2, 0.25) is 0 Å². The molecular weight excluding hydrogens is 1360 g/mol. The molecule has 0 aliphatic carbocycles. The molecule has 5 radical (unpaired) electrons. The molecule has 0 aromatic rings. The Bertz CT molecular complexity index is 381. The van der Waals surface area contributed by atoms with Crippen LogP contribution < -0.4 is 0 Å². The molecule has 0 heterocycles. The first-order chi connectivity index (χ1) is 19.9. The summed E-state index contributed by atoms with van der Waals surface area (Å²) < 4.78 is 0. The molecule has 0 amide bonds. The van der Waals surface area contributed by atoms with E-state index in [9.17, 15) is 24.0 Å². The zero-order valence-corrected chi connectivity index (χ0v) is 51.4. The third-order valence-corrected chi connectivity index (χ3v) is 1.95. The summed E-state index contributed by atoms with van der Waals surface area (Å²) in [7, 11) is 0. The summed E-state index contributed by atoms with van der Waals surface area (Å²) in [4.78, 5) is 47.8. The van der Waals surface area contributed by atoms with Gasteiger partial charge in [-0.1, -0.05) is 0 Å². The summed E-state index contributed by atoms with van der Waals surface area (Å²) in [6.45, 7) is 46.7. The quantitative estimate of drug-likeness (QED) is 0.133. The molecular formula is C32H65O10W2Y5-9. The van der Waals surface area contributed by atoms with Crippen molar-refractivity contribution in [3.8, 4) is 0 Å². The van der Waals surface area contributed by atoms with Gasteiger partial charge in [0.25, 0.3) is 0 Å². The molecule has 10 nitrogen and oxygen atoms in total. The number of carboxylic acids is 5. The van der Waals surface area contributed by atoms with Crippen molar-refractivity contribution in [1.29, 1.82) is 0 Å². The second-order valence-electron chi connectivity index (χ2n) is 4.99. The standard InChI is InChI=1S/5C4H7O2.6C2H5.2W.5Y/c5*1-2-3-4(5)6;6*1-2;;;;;;;/h5*1-3H2,(H,5,6);6*1H2,2H3;;;;;;;/q11*-1;;+2;;;;;. The maximum absolute atomic E-state index is 9.56. The second-order valence-corrected chi connectivity index (χ2v) is 4.99. The van der Waals surface area contributed by atoms with Crippen LogP contribution in [0.4, 0.5) is 0 Å². The van der Waals surface area contributed by atoms with Crippen LogP contribution in [0.5, 0.6) is 0 Å². The van der Waals surface area contributed by atoms with Crippen LogP contribution in [-0.2, 0) is 230 Å². The van der Waals surface area contributed by atoms with Gasteiger partial charge in [-0.2, -0.15) is 73.6 Å². The Balaban J connectivity index is -0.0000000137. The monoisotopic (exact) mass is 1420 g/mol. The molecule has 0 aromatic carbocycles. The van der Waals surface area contributed by atoms with E-state index in [1.807, 2.05) is 0 Å². The van der Waals surface area contributed by atoms with Gasteiger partial charge < -0.3 is 102 Å². The molecule has 5 N–H and O–H groups in total. The molecule has 289 valence electrons. The Morgan fingerprint density at radius 2 is 0.388 bits per heavy atom. The van der Waals surface area contributed by atoms with Crippen LogP contribution in [0.25, 0.3) is 0 Å². The van der Waals surface area contributed by atoms with Crippen LogP contribution in [0.1, 0.15) is 106 Å². The number of rotatable bonds is 10. The van der Waals surface area contributed by atoms with Crippen molar-refractivity contribution in [2.75, 3.05) is 0 Å². The third-order valence-electron chi connectivity index (χ3n) is 1.95. The SMILES string of the molecule is [CH2-]C.[CH2-]C.[CH2-]C.[CH2-]C.[CH2-]C.[CH2-]C.[CH2-]CCC(=O)O.[CH2-]CCC(=O)O.[CH2-]CCC(=O)O.[CH2-]CCC(=O)O.[CH2-]CCC(=O)O.[W+2].[W].[Y].[Y].[Y].[Y].[Y]. The molecule has 0 unspecified atom stereocenters. The summed E-state index contributed by atoms with van der Waals surface area (Å²) in [5, 5.41) is 39.4. The van der Waals surface area contributed by atoms with E-state index < -0.39 is 29.8 Å². The maximum Gasteiger partial charge on any atom is 2.00 e. The topological polar surface area (TPSA) is 186 Å². The molecule has 0 aromatic heterocycles. The van der Waals surface area contributed by atoms with Crippen molar-refractivity contribution >= 4 is 29.8 Å². The minimum atomic E-state index is -0.773. The van der Waals surface area contributed by atoms with Gasteiger partial charge in [-0.05, 0) is 0 Å². The van der Waals surface area contributed by atoms with E-state index in [4.69, 9.17) is 25.5 Å². The van der Waals surface area contributed by atoms with Gasteiger partial charge in [-0.25, -0.2) is 0 Å². The fourth-order valence-corrected chi connectivity index (χ4v) is 0.756. The summed E-state index contributed by atoms with van der Waals surface area (Å²) in [5.74, 6) is -3.87. The van der Waals surface area contributed by atoms with Gasteiger partial charge >= 0.3 is 50.9 Å². The summed E-state index contributed by atoms with van der Waals surface area (Å²) >= 11 is 0. The van der Waals surface area contributed by atoms with E-state index in [0.717, 1.165) is 0 Å². The summed E-state index contributed by atoms with van der Waals surface area (Å²) in [5.41, 5.74) is 0. The van der Waals surface area contributed by atoms with Crippen LogP contribution in [0.3, 0.4) is 0 Å². The first-order valence-corrected chi connectivity index (χ1v) is 13.1. The number of carboxylic acid groups (broad SMARTS) is 5. The smallest absolute Gasteiger partial charge is 0.481 e. The Kier molecular flexibility index (Phi) is 383. The molecule has 17 heteroatoms. The largest absolute Gasteiger partial charge is 2.00 e. The first kappa shape index (κ1) is 117. The van der Waals surface area contributed by atoms with Crippen molar-refractivity contribution < 1.29 is 255 Å². The van der Waals surface area contributed by atoms with Gasteiger partial charge in [0.05, 0.1) is 0 Å². The maximum atomic E-state index is 9.56. The number of hydrogen-bond donors (Lipinski definition) is 5. The van der Waals surface area contributed by atoms with E-state index in [0.29, 0.717) is 32.1 Å². The Labute approximate surface area is 459 Å². The second kappa shape index (κ2) is 160.